The number of rotatable bonds is 8. The highest BCUT2D eigenvalue weighted by molar-refractivity contribution is 5.86. The van der Waals surface area contributed by atoms with Crippen molar-refractivity contribution in [1.29, 1.82) is 0 Å². The largest absolute Gasteiger partial charge is 0.573 e. The first-order chi connectivity index (χ1) is 19.3. The van der Waals surface area contributed by atoms with Crippen molar-refractivity contribution in [3.8, 4) is 5.75 Å². The van der Waals surface area contributed by atoms with Crippen molar-refractivity contribution in [3.63, 3.8) is 0 Å². The van der Waals surface area contributed by atoms with Crippen LogP contribution in [0.15, 0.2) is 72.8 Å². The van der Waals surface area contributed by atoms with E-state index in [-0.39, 0.29) is 28.4 Å². The number of aromatic nitrogens is 2. The number of benzene rings is 3. The molecule has 0 amide bonds. The van der Waals surface area contributed by atoms with Crippen LogP contribution in [0.1, 0.15) is 64.1 Å². The molecule has 0 spiro atoms. The van der Waals surface area contributed by atoms with E-state index in [2.05, 4.69) is 42.3 Å². The molecular weight excluding hydrogens is 527 g/mol. The third-order valence-corrected chi connectivity index (χ3v) is 7.64. The average Bonchev–Trinajstić information content (AvgIpc) is 3.20. The number of hydrogen-bond donors (Lipinski definition) is 1. The SMILES string of the molecule is CC1(C)CC(n2c(Nc3ccc(OC(F)(F)F)cc3)nc3cc(CC(=O)Cc4ccccc4)ccc32)CC(C)(C)C1. The summed E-state index contributed by atoms with van der Waals surface area (Å²) in [6.07, 6.45) is -1.02. The predicted molar refractivity (Wildman–Crippen MR) is 155 cm³/mol. The molecule has 5 nitrogen and oxygen atoms in total. The maximum atomic E-state index is 12.8. The van der Waals surface area contributed by atoms with Crippen LogP contribution in [0, 0.1) is 10.8 Å². The number of Topliss-reactive ketones (excluding diaryl/α,β-unsaturated/α-hetero) is 1. The van der Waals surface area contributed by atoms with Gasteiger partial charge in [0, 0.05) is 24.6 Å². The number of nitrogens with one attached hydrogen (secondary N) is 1. The molecular formula is C33H36F3N3O2. The molecule has 8 heteroatoms. The number of ketones is 1. The number of imidazole rings is 1. The molecule has 3 aromatic carbocycles. The lowest BCUT2D eigenvalue weighted by molar-refractivity contribution is -0.274. The number of halogens is 3. The van der Waals surface area contributed by atoms with Gasteiger partial charge >= 0.3 is 6.36 Å². The van der Waals surface area contributed by atoms with Gasteiger partial charge < -0.3 is 14.6 Å². The summed E-state index contributed by atoms with van der Waals surface area (Å²) in [5, 5.41) is 3.35. The van der Waals surface area contributed by atoms with Crippen molar-refractivity contribution in [1.82, 2.24) is 9.55 Å². The Bertz CT molecular complexity index is 1510. The van der Waals surface area contributed by atoms with Gasteiger partial charge in [0.2, 0.25) is 5.95 Å². The number of nitrogens with zero attached hydrogens (tertiary/aromatic N) is 2. The molecule has 0 unspecified atom stereocenters. The molecule has 0 aliphatic heterocycles. The van der Waals surface area contributed by atoms with Crippen molar-refractivity contribution in [3.05, 3.63) is 83.9 Å². The number of carbonyl (C=O) groups is 1. The van der Waals surface area contributed by atoms with Gasteiger partial charge in [-0.3, -0.25) is 4.79 Å². The smallest absolute Gasteiger partial charge is 0.406 e. The summed E-state index contributed by atoms with van der Waals surface area (Å²) in [4.78, 5) is 17.8. The van der Waals surface area contributed by atoms with E-state index < -0.39 is 6.36 Å². The van der Waals surface area contributed by atoms with E-state index in [0.29, 0.717) is 24.5 Å². The highest BCUT2D eigenvalue weighted by Gasteiger charge is 2.40. The van der Waals surface area contributed by atoms with E-state index in [9.17, 15) is 18.0 Å². The van der Waals surface area contributed by atoms with Gasteiger partial charge in [0.1, 0.15) is 11.5 Å². The summed E-state index contributed by atoms with van der Waals surface area (Å²) in [5.41, 5.74) is 4.47. The van der Waals surface area contributed by atoms with Gasteiger partial charge in [0.05, 0.1) is 11.0 Å². The Kier molecular flexibility index (Phi) is 7.62. The van der Waals surface area contributed by atoms with Crippen molar-refractivity contribution in [2.24, 2.45) is 10.8 Å². The van der Waals surface area contributed by atoms with Crippen LogP contribution in [-0.4, -0.2) is 21.7 Å². The normalized spacial score (nSPS) is 17.0. The van der Waals surface area contributed by atoms with Crippen LogP contribution in [0.4, 0.5) is 24.8 Å². The van der Waals surface area contributed by atoms with Gasteiger partial charge in [-0.1, -0.05) is 64.1 Å². The minimum Gasteiger partial charge on any atom is -0.406 e. The fourth-order valence-corrected chi connectivity index (χ4v) is 6.67. The maximum absolute atomic E-state index is 12.8. The van der Waals surface area contributed by atoms with Gasteiger partial charge in [-0.15, -0.1) is 13.2 Å². The molecule has 1 aromatic heterocycles. The van der Waals surface area contributed by atoms with E-state index in [4.69, 9.17) is 4.98 Å². The third-order valence-electron chi connectivity index (χ3n) is 7.64. The minimum absolute atomic E-state index is 0.126. The summed E-state index contributed by atoms with van der Waals surface area (Å²) in [6.45, 7) is 9.18. The third kappa shape index (κ3) is 7.29. The van der Waals surface area contributed by atoms with Gasteiger partial charge in [0.15, 0.2) is 0 Å². The van der Waals surface area contributed by atoms with Crippen LogP contribution < -0.4 is 10.1 Å². The monoisotopic (exact) mass is 563 g/mol. The summed E-state index contributed by atoms with van der Waals surface area (Å²) >= 11 is 0. The lowest BCUT2D eigenvalue weighted by atomic mass is 9.63. The number of alkyl halides is 3. The minimum atomic E-state index is -4.75. The summed E-state index contributed by atoms with van der Waals surface area (Å²) in [7, 11) is 0. The predicted octanol–water partition coefficient (Wildman–Crippen LogP) is 8.81. The fourth-order valence-electron chi connectivity index (χ4n) is 6.67. The van der Waals surface area contributed by atoms with Gasteiger partial charge in [-0.25, -0.2) is 4.98 Å². The van der Waals surface area contributed by atoms with Gasteiger partial charge in [-0.2, -0.15) is 0 Å². The van der Waals surface area contributed by atoms with Crippen molar-refractivity contribution < 1.29 is 22.7 Å². The van der Waals surface area contributed by atoms with E-state index in [1.807, 2.05) is 48.5 Å². The molecule has 1 saturated carbocycles. The van der Waals surface area contributed by atoms with Crippen LogP contribution in [0.3, 0.4) is 0 Å². The van der Waals surface area contributed by atoms with Crippen molar-refractivity contribution >= 4 is 28.5 Å². The molecule has 4 aromatic rings. The Labute approximate surface area is 238 Å². The quantitative estimate of drug-likeness (QED) is 0.233. The standard InChI is InChI=1S/C33H36F3N3O2/c1-31(2)19-25(20-32(3,4)21-31)39-29-15-10-23(17-26(40)16-22-8-6-5-7-9-22)18-28(29)38-30(39)37-24-11-13-27(14-12-24)41-33(34,35)36/h5-15,18,25H,16-17,19-21H2,1-4H3,(H,37,38). The second-order valence-corrected chi connectivity index (χ2v) is 12.8. The molecule has 1 N–H and O–H groups in total. The molecule has 0 saturated heterocycles. The highest BCUT2D eigenvalue weighted by atomic mass is 19.4. The lowest BCUT2D eigenvalue weighted by Crippen LogP contribution is -2.35. The zero-order chi connectivity index (χ0) is 29.4. The van der Waals surface area contributed by atoms with Crippen LogP contribution in [0.2, 0.25) is 0 Å². The Morgan fingerprint density at radius 1 is 0.927 bits per heavy atom. The fraction of sp³-hybridized carbons (Fsp3) is 0.394. The number of ether oxygens (including phenoxy) is 1. The Balaban J connectivity index is 1.47. The van der Waals surface area contributed by atoms with Crippen LogP contribution in [-0.2, 0) is 17.6 Å². The van der Waals surface area contributed by atoms with E-state index in [1.165, 1.54) is 12.1 Å². The highest BCUT2D eigenvalue weighted by Crippen LogP contribution is 2.51. The van der Waals surface area contributed by atoms with Crippen molar-refractivity contribution in [2.75, 3.05) is 5.32 Å². The first-order valence-corrected chi connectivity index (χ1v) is 13.9. The van der Waals surface area contributed by atoms with E-state index >= 15 is 0 Å². The summed E-state index contributed by atoms with van der Waals surface area (Å²) in [5.74, 6) is 0.471. The molecule has 0 bridgehead atoms. The summed E-state index contributed by atoms with van der Waals surface area (Å²) < 4.78 is 44.2. The molecule has 216 valence electrons. The van der Waals surface area contributed by atoms with Gasteiger partial charge in [-0.05, 0) is 77.6 Å². The zero-order valence-corrected chi connectivity index (χ0v) is 23.9. The number of fused-ring (bicyclic) bond motifs is 1. The molecule has 0 atom stereocenters. The van der Waals surface area contributed by atoms with Crippen molar-refractivity contribution in [2.45, 2.75) is 72.2 Å². The van der Waals surface area contributed by atoms with E-state index in [0.717, 1.165) is 41.4 Å². The Hall–Kier alpha value is -3.81. The maximum Gasteiger partial charge on any atom is 0.573 e. The number of hydrogen-bond acceptors (Lipinski definition) is 4. The lowest BCUT2D eigenvalue weighted by Gasteiger charge is -2.45. The molecule has 41 heavy (non-hydrogen) atoms. The van der Waals surface area contributed by atoms with E-state index in [1.54, 1.807) is 12.1 Å². The first-order valence-electron chi connectivity index (χ1n) is 13.9. The number of anilines is 2. The zero-order valence-electron chi connectivity index (χ0n) is 23.9. The topological polar surface area (TPSA) is 56.1 Å². The molecule has 1 fully saturated rings. The summed E-state index contributed by atoms with van der Waals surface area (Å²) in [6, 6.07) is 21.5. The second kappa shape index (κ2) is 10.9. The molecule has 1 aliphatic carbocycles. The average molecular weight is 564 g/mol. The first kappa shape index (κ1) is 28.7. The number of carbonyl (C=O) groups excluding carboxylic acids is 1. The Morgan fingerprint density at radius 2 is 1.56 bits per heavy atom. The molecule has 1 heterocycles. The van der Waals surface area contributed by atoms with Crippen LogP contribution in [0.5, 0.6) is 5.75 Å². The Morgan fingerprint density at radius 3 is 2.20 bits per heavy atom. The van der Waals surface area contributed by atoms with Gasteiger partial charge in [0.25, 0.3) is 0 Å². The second-order valence-electron chi connectivity index (χ2n) is 12.8. The molecule has 1 aliphatic rings. The molecule has 5 rings (SSSR count). The van der Waals surface area contributed by atoms with Crippen LogP contribution >= 0.6 is 0 Å². The van der Waals surface area contributed by atoms with Crippen LogP contribution in [0.25, 0.3) is 11.0 Å². The molecule has 0 radical (unpaired) electrons.